The molecule has 2 aromatic carbocycles. The van der Waals surface area contributed by atoms with Gasteiger partial charge >= 0.3 is 0 Å². The largest absolute Gasteiger partial charge is 0.491 e. The van der Waals surface area contributed by atoms with Crippen LogP contribution in [-0.4, -0.2) is 74.2 Å². The summed E-state index contributed by atoms with van der Waals surface area (Å²) in [6, 6.07) is 18.6. The predicted octanol–water partition coefficient (Wildman–Crippen LogP) is 4.14. The lowest BCUT2D eigenvalue weighted by Crippen LogP contribution is -2.40. The maximum atomic E-state index is 13.4. The zero-order valence-corrected chi connectivity index (χ0v) is 23.8. The van der Waals surface area contributed by atoms with E-state index in [-0.39, 0.29) is 11.8 Å². The van der Waals surface area contributed by atoms with Crippen LogP contribution in [0.25, 0.3) is 11.1 Å². The Hall–Kier alpha value is -3.27. The molecule has 40 heavy (non-hydrogen) atoms. The lowest BCUT2D eigenvalue weighted by atomic mass is 9.94. The highest BCUT2D eigenvalue weighted by Gasteiger charge is 2.27. The molecule has 2 bridgehead atoms. The first kappa shape index (κ1) is 28.3. The molecule has 0 N–H and O–H groups in total. The van der Waals surface area contributed by atoms with Crippen LogP contribution in [0, 0.1) is 5.92 Å². The van der Waals surface area contributed by atoms with Crippen molar-refractivity contribution in [2.24, 2.45) is 5.92 Å². The second kappa shape index (κ2) is 12.9. The van der Waals surface area contributed by atoms with Crippen molar-refractivity contribution in [3.8, 4) is 16.9 Å². The number of carbonyl (C=O) groups is 1. The molecule has 3 aromatic rings. The van der Waals surface area contributed by atoms with Gasteiger partial charge in [-0.2, -0.15) is 0 Å². The van der Waals surface area contributed by atoms with Gasteiger partial charge in [0.25, 0.3) is 0 Å². The number of aromatic nitrogens is 1. The Morgan fingerprint density at radius 2 is 1.77 bits per heavy atom. The molecule has 212 valence electrons. The van der Waals surface area contributed by atoms with Gasteiger partial charge in [-0.3, -0.25) is 9.78 Å². The van der Waals surface area contributed by atoms with E-state index in [9.17, 15) is 13.2 Å². The quantitative estimate of drug-likeness (QED) is 0.474. The Kier molecular flexibility index (Phi) is 9.14. The molecule has 0 spiro atoms. The summed E-state index contributed by atoms with van der Waals surface area (Å²) >= 11 is 0. The number of pyridine rings is 1. The van der Waals surface area contributed by atoms with E-state index in [1.807, 2.05) is 35.4 Å². The number of fused-ring (bicyclic) bond motifs is 3. The van der Waals surface area contributed by atoms with Gasteiger partial charge in [0.2, 0.25) is 15.9 Å². The molecule has 0 saturated carbocycles. The summed E-state index contributed by atoms with van der Waals surface area (Å²) in [6.45, 7) is 3.24. The number of sulfonamides is 1. The van der Waals surface area contributed by atoms with E-state index in [4.69, 9.17) is 9.47 Å². The van der Waals surface area contributed by atoms with Crippen LogP contribution in [-0.2, 0) is 32.5 Å². The smallest absolute Gasteiger partial charge is 0.223 e. The van der Waals surface area contributed by atoms with Gasteiger partial charge in [-0.25, -0.2) is 12.7 Å². The maximum Gasteiger partial charge on any atom is 0.223 e. The summed E-state index contributed by atoms with van der Waals surface area (Å²) in [5, 5.41) is 0. The number of hydrogen-bond acceptors (Lipinski definition) is 6. The lowest BCUT2D eigenvalue weighted by molar-refractivity contribution is -0.134. The van der Waals surface area contributed by atoms with E-state index in [1.54, 1.807) is 6.20 Å². The van der Waals surface area contributed by atoms with Crippen LogP contribution in [0.2, 0.25) is 0 Å². The number of piperidine rings is 1. The van der Waals surface area contributed by atoms with E-state index < -0.39 is 10.0 Å². The first-order valence-electron chi connectivity index (χ1n) is 13.9. The Morgan fingerprint density at radius 1 is 0.950 bits per heavy atom. The lowest BCUT2D eigenvalue weighted by Gasteiger charge is -2.31. The average molecular weight is 564 g/mol. The highest BCUT2D eigenvalue weighted by atomic mass is 32.2. The molecule has 9 heteroatoms. The van der Waals surface area contributed by atoms with E-state index in [1.165, 1.54) is 10.6 Å². The van der Waals surface area contributed by atoms with E-state index in [0.717, 1.165) is 33.6 Å². The fraction of sp³-hybridized carbons (Fsp3) is 0.419. The van der Waals surface area contributed by atoms with E-state index >= 15 is 0 Å². The first-order valence-corrected chi connectivity index (χ1v) is 15.7. The van der Waals surface area contributed by atoms with E-state index in [0.29, 0.717) is 71.7 Å². The zero-order valence-electron chi connectivity index (χ0n) is 23.0. The molecule has 0 aliphatic carbocycles. The number of hydrogen-bond donors (Lipinski definition) is 0. The Bertz CT molecular complexity index is 1410. The summed E-state index contributed by atoms with van der Waals surface area (Å²) in [5.74, 6) is 1.11. The molecule has 1 aromatic heterocycles. The van der Waals surface area contributed by atoms with Gasteiger partial charge < -0.3 is 14.4 Å². The SMILES string of the molecule is CS(=O)(=O)N1CCC(CC(=O)N2CCOCCOc3ccc(-c4cccnc4)cc3Cc3cccc(c3)C2)CC1. The van der Waals surface area contributed by atoms with Crippen molar-refractivity contribution in [1.29, 1.82) is 0 Å². The molecule has 2 aliphatic heterocycles. The van der Waals surface area contributed by atoms with Crippen LogP contribution in [0.5, 0.6) is 5.75 Å². The summed E-state index contributed by atoms with van der Waals surface area (Å²) in [7, 11) is -3.18. The molecule has 0 atom stereocenters. The third-order valence-electron chi connectivity index (χ3n) is 7.66. The number of carbonyl (C=O) groups excluding carboxylic acids is 1. The van der Waals surface area contributed by atoms with Crippen LogP contribution < -0.4 is 4.74 Å². The van der Waals surface area contributed by atoms with Gasteiger partial charge in [0.05, 0.1) is 19.5 Å². The number of nitrogens with zero attached hydrogens (tertiary/aromatic N) is 3. The topological polar surface area (TPSA) is 89.0 Å². The van der Waals surface area contributed by atoms with Crippen molar-refractivity contribution in [3.63, 3.8) is 0 Å². The van der Waals surface area contributed by atoms with Gasteiger partial charge in [0, 0.05) is 57.0 Å². The van der Waals surface area contributed by atoms with E-state index in [2.05, 4.69) is 35.3 Å². The molecule has 2 aliphatic rings. The van der Waals surface area contributed by atoms with Crippen molar-refractivity contribution < 1.29 is 22.7 Å². The van der Waals surface area contributed by atoms with Crippen LogP contribution >= 0.6 is 0 Å². The third-order valence-corrected chi connectivity index (χ3v) is 8.97. The predicted molar refractivity (Wildman–Crippen MR) is 154 cm³/mol. The van der Waals surface area contributed by atoms with Crippen molar-refractivity contribution in [2.45, 2.75) is 32.2 Å². The molecule has 1 fully saturated rings. The number of benzene rings is 2. The van der Waals surface area contributed by atoms with Crippen LogP contribution in [0.1, 0.15) is 36.0 Å². The van der Waals surface area contributed by atoms with Gasteiger partial charge in [0.15, 0.2) is 0 Å². The monoisotopic (exact) mass is 563 g/mol. The summed E-state index contributed by atoms with van der Waals surface area (Å²) in [4.78, 5) is 19.6. The number of amides is 1. The molecular weight excluding hydrogens is 526 g/mol. The van der Waals surface area contributed by atoms with Crippen molar-refractivity contribution >= 4 is 15.9 Å². The van der Waals surface area contributed by atoms with Crippen molar-refractivity contribution in [3.05, 3.63) is 83.7 Å². The zero-order chi connectivity index (χ0) is 28.0. The standard InChI is InChI=1S/C31H37N3O5S/c1-40(36,37)34-12-9-24(10-13-34)20-31(35)33-14-15-38-16-17-39-30-8-7-27(28-6-3-11-32-22-28)21-29(30)19-25-4-2-5-26(18-25)23-33/h2-8,11,18,21-22,24H,9-10,12-17,19-20,23H2,1H3. The van der Waals surface area contributed by atoms with Crippen molar-refractivity contribution in [1.82, 2.24) is 14.2 Å². The van der Waals surface area contributed by atoms with Gasteiger partial charge in [-0.05, 0) is 59.2 Å². The van der Waals surface area contributed by atoms with Gasteiger partial charge in [-0.15, -0.1) is 0 Å². The fourth-order valence-corrected chi connectivity index (χ4v) is 6.32. The molecule has 3 heterocycles. The minimum atomic E-state index is -3.18. The molecular formula is C31H37N3O5S. The average Bonchev–Trinajstić information content (AvgIpc) is 2.95. The second-order valence-corrected chi connectivity index (χ2v) is 12.6. The van der Waals surface area contributed by atoms with Gasteiger partial charge in [-0.1, -0.05) is 36.4 Å². The molecule has 1 amide bonds. The maximum absolute atomic E-state index is 13.4. The molecule has 8 nitrogen and oxygen atoms in total. The summed E-state index contributed by atoms with van der Waals surface area (Å²) in [5.41, 5.74) is 5.45. The van der Waals surface area contributed by atoms with Gasteiger partial charge in [0.1, 0.15) is 12.4 Å². The highest BCUT2D eigenvalue weighted by Crippen LogP contribution is 2.29. The minimum absolute atomic E-state index is 0.0848. The second-order valence-electron chi connectivity index (χ2n) is 10.6. The Morgan fingerprint density at radius 3 is 2.55 bits per heavy atom. The first-order chi connectivity index (χ1) is 19.3. The fourth-order valence-electron chi connectivity index (χ4n) is 5.45. The Balaban J connectivity index is 1.32. The molecule has 0 unspecified atom stereocenters. The Labute approximate surface area is 237 Å². The third kappa shape index (κ3) is 7.47. The van der Waals surface area contributed by atoms with Crippen LogP contribution in [0.15, 0.2) is 67.0 Å². The van der Waals surface area contributed by atoms with Crippen LogP contribution in [0.4, 0.5) is 0 Å². The molecule has 5 rings (SSSR count). The van der Waals surface area contributed by atoms with Crippen LogP contribution in [0.3, 0.4) is 0 Å². The summed E-state index contributed by atoms with van der Waals surface area (Å²) in [6.07, 6.45) is 7.41. The highest BCUT2D eigenvalue weighted by molar-refractivity contribution is 7.88. The molecule has 1 saturated heterocycles. The summed E-state index contributed by atoms with van der Waals surface area (Å²) < 4.78 is 37.2. The number of rotatable bonds is 4. The molecule has 0 radical (unpaired) electrons. The minimum Gasteiger partial charge on any atom is -0.491 e. The number of ether oxygens (including phenoxy) is 2. The van der Waals surface area contributed by atoms with Crippen molar-refractivity contribution in [2.75, 3.05) is 45.7 Å². The normalized spacial score (nSPS) is 17.9.